The molecule has 0 saturated carbocycles. The molecule has 19 heavy (non-hydrogen) atoms. The van der Waals surface area contributed by atoms with Gasteiger partial charge >= 0.3 is 5.97 Å². The summed E-state index contributed by atoms with van der Waals surface area (Å²) in [4.78, 5) is 27.9. The van der Waals surface area contributed by atoms with Crippen molar-refractivity contribution in [3.63, 3.8) is 0 Å². The van der Waals surface area contributed by atoms with E-state index in [-0.39, 0.29) is 18.0 Å². The molecule has 0 unspecified atom stereocenters. The molecule has 1 amide bonds. The fourth-order valence-corrected chi connectivity index (χ4v) is 2.22. The maximum absolute atomic E-state index is 10.9. The Morgan fingerprint density at radius 3 is 2.58 bits per heavy atom. The zero-order valence-corrected chi connectivity index (χ0v) is 12.4. The van der Waals surface area contributed by atoms with Crippen LogP contribution in [-0.2, 0) is 16.1 Å². The maximum Gasteiger partial charge on any atom is 0.317 e. The lowest BCUT2D eigenvalue weighted by Crippen LogP contribution is -2.43. The molecule has 0 spiro atoms. The quantitative estimate of drug-likeness (QED) is 0.861. The minimum atomic E-state index is -0.868. The summed E-state index contributed by atoms with van der Waals surface area (Å²) in [5.41, 5.74) is 0.487. The lowest BCUT2D eigenvalue weighted by Gasteiger charge is -2.33. The molecule has 0 fully saturated rings. The van der Waals surface area contributed by atoms with E-state index < -0.39 is 5.97 Å². The van der Waals surface area contributed by atoms with Crippen LogP contribution >= 0.6 is 11.3 Å². The topological polar surface area (TPSA) is 82.5 Å². The van der Waals surface area contributed by atoms with Crippen LogP contribution in [0.2, 0.25) is 0 Å². The van der Waals surface area contributed by atoms with Gasteiger partial charge in [0.25, 0.3) is 0 Å². The van der Waals surface area contributed by atoms with Gasteiger partial charge in [-0.05, 0) is 20.8 Å². The molecule has 0 radical (unpaired) electrons. The van der Waals surface area contributed by atoms with Crippen LogP contribution in [0.4, 0.5) is 5.13 Å². The summed E-state index contributed by atoms with van der Waals surface area (Å²) >= 11 is 1.33. The third-order valence-electron chi connectivity index (χ3n) is 2.46. The average Bonchev–Trinajstić information content (AvgIpc) is 2.61. The molecule has 6 nitrogen and oxygen atoms in total. The van der Waals surface area contributed by atoms with E-state index in [0.29, 0.717) is 11.7 Å². The van der Waals surface area contributed by atoms with Crippen molar-refractivity contribution in [2.75, 3.05) is 11.9 Å². The predicted molar refractivity (Wildman–Crippen MR) is 74.2 cm³/mol. The minimum Gasteiger partial charge on any atom is -0.480 e. The van der Waals surface area contributed by atoms with Gasteiger partial charge in [0.1, 0.15) is 0 Å². The van der Waals surface area contributed by atoms with Gasteiger partial charge in [-0.3, -0.25) is 14.5 Å². The Morgan fingerprint density at radius 1 is 1.47 bits per heavy atom. The second-order valence-corrected chi connectivity index (χ2v) is 6.10. The van der Waals surface area contributed by atoms with Gasteiger partial charge < -0.3 is 10.4 Å². The number of carbonyl (C=O) groups is 2. The molecule has 0 aromatic carbocycles. The highest BCUT2D eigenvalue weighted by molar-refractivity contribution is 7.13. The van der Waals surface area contributed by atoms with E-state index in [4.69, 9.17) is 5.11 Å². The summed E-state index contributed by atoms with van der Waals surface area (Å²) in [5.74, 6) is -1.04. The first-order valence-electron chi connectivity index (χ1n) is 5.87. The first-order valence-corrected chi connectivity index (χ1v) is 6.75. The number of hydrogen-bond acceptors (Lipinski definition) is 5. The Morgan fingerprint density at radius 2 is 2.11 bits per heavy atom. The molecule has 0 aliphatic carbocycles. The Balaban J connectivity index is 2.76. The molecule has 0 aliphatic rings. The van der Waals surface area contributed by atoms with E-state index >= 15 is 0 Å². The van der Waals surface area contributed by atoms with Gasteiger partial charge in [0.2, 0.25) is 5.91 Å². The van der Waals surface area contributed by atoms with Crippen molar-refractivity contribution in [2.45, 2.75) is 39.8 Å². The molecule has 1 aromatic heterocycles. The van der Waals surface area contributed by atoms with Crippen LogP contribution in [0.15, 0.2) is 5.38 Å². The molecular weight excluding hydrogens is 266 g/mol. The fourth-order valence-electron chi connectivity index (χ4n) is 1.48. The van der Waals surface area contributed by atoms with E-state index in [2.05, 4.69) is 10.3 Å². The summed E-state index contributed by atoms with van der Waals surface area (Å²) in [6.45, 7) is 7.68. The van der Waals surface area contributed by atoms with Crippen LogP contribution in [0.25, 0.3) is 0 Å². The second kappa shape index (κ2) is 6.12. The first kappa shape index (κ1) is 15.6. The molecule has 7 heteroatoms. The van der Waals surface area contributed by atoms with E-state index in [0.717, 1.165) is 5.69 Å². The monoisotopic (exact) mass is 285 g/mol. The summed E-state index contributed by atoms with van der Waals surface area (Å²) in [6, 6.07) is 0. The largest absolute Gasteiger partial charge is 0.480 e. The number of carboxylic acids is 1. The van der Waals surface area contributed by atoms with Gasteiger partial charge in [-0.2, -0.15) is 0 Å². The zero-order chi connectivity index (χ0) is 14.6. The van der Waals surface area contributed by atoms with Gasteiger partial charge in [0.05, 0.1) is 12.2 Å². The molecule has 1 aromatic rings. The van der Waals surface area contributed by atoms with Crippen LogP contribution in [0.3, 0.4) is 0 Å². The van der Waals surface area contributed by atoms with Crippen LogP contribution in [-0.4, -0.2) is 39.0 Å². The molecule has 0 atom stereocenters. The number of thiazole rings is 1. The Labute approximate surface area is 116 Å². The molecule has 1 rings (SSSR count). The minimum absolute atomic E-state index is 0.0451. The van der Waals surface area contributed by atoms with E-state index in [1.54, 1.807) is 0 Å². The van der Waals surface area contributed by atoms with Gasteiger partial charge in [-0.15, -0.1) is 11.3 Å². The lowest BCUT2D eigenvalue weighted by molar-refractivity contribution is -0.140. The number of amides is 1. The number of carbonyl (C=O) groups excluding carboxylic acids is 1. The number of nitrogens with zero attached hydrogens (tertiary/aromatic N) is 2. The van der Waals surface area contributed by atoms with Crippen molar-refractivity contribution >= 4 is 28.3 Å². The van der Waals surface area contributed by atoms with E-state index in [1.807, 2.05) is 31.1 Å². The van der Waals surface area contributed by atoms with Crippen LogP contribution < -0.4 is 5.32 Å². The molecule has 106 valence electrons. The molecule has 1 heterocycles. The van der Waals surface area contributed by atoms with Crippen molar-refractivity contribution in [1.29, 1.82) is 0 Å². The molecule has 2 N–H and O–H groups in total. The highest BCUT2D eigenvalue weighted by atomic mass is 32.1. The number of rotatable bonds is 5. The molecule has 0 aliphatic heterocycles. The van der Waals surface area contributed by atoms with Crippen LogP contribution in [0.1, 0.15) is 33.4 Å². The van der Waals surface area contributed by atoms with Crippen LogP contribution in [0.5, 0.6) is 0 Å². The predicted octanol–water partition coefficient (Wildman–Crippen LogP) is 1.79. The molecule has 0 bridgehead atoms. The summed E-state index contributed by atoms with van der Waals surface area (Å²) in [5, 5.41) is 13.9. The number of aromatic nitrogens is 1. The number of anilines is 1. The lowest BCUT2D eigenvalue weighted by atomic mass is 10.1. The maximum atomic E-state index is 10.9. The molecular formula is C12H19N3O3S. The SMILES string of the molecule is CC(=O)Nc1nc(CN(CC(=O)O)C(C)(C)C)cs1. The Kier molecular flexibility index (Phi) is 5.02. The molecule has 0 saturated heterocycles. The van der Waals surface area contributed by atoms with E-state index in [9.17, 15) is 9.59 Å². The van der Waals surface area contributed by atoms with E-state index in [1.165, 1.54) is 18.3 Å². The third kappa shape index (κ3) is 5.35. The van der Waals surface area contributed by atoms with Gasteiger partial charge in [0, 0.05) is 24.4 Å². The third-order valence-corrected chi connectivity index (χ3v) is 3.27. The van der Waals surface area contributed by atoms with Gasteiger partial charge in [-0.1, -0.05) is 0 Å². The second-order valence-electron chi connectivity index (χ2n) is 5.25. The van der Waals surface area contributed by atoms with Crippen molar-refractivity contribution in [3.8, 4) is 0 Å². The number of aliphatic carboxylic acids is 1. The van der Waals surface area contributed by atoms with Gasteiger partial charge in [0.15, 0.2) is 5.13 Å². The van der Waals surface area contributed by atoms with Crippen molar-refractivity contribution in [3.05, 3.63) is 11.1 Å². The number of nitrogens with one attached hydrogen (secondary N) is 1. The van der Waals surface area contributed by atoms with Crippen LogP contribution in [0, 0.1) is 0 Å². The Hall–Kier alpha value is -1.47. The summed E-state index contributed by atoms with van der Waals surface area (Å²) in [6.07, 6.45) is 0. The zero-order valence-electron chi connectivity index (χ0n) is 11.6. The average molecular weight is 285 g/mol. The normalized spacial score (nSPS) is 11.6. The standard InChI is InChI=1S/C12H19N3O3S/c1-8(16)13-11-14-9(7-19-11)5-15(6-10(17)18)12(2,3)4/h7H,5-6H2,1-4H3,(H,17,18)(H,13,14,16). The number of hydrogen-bond donors (Lipinski definition) is 2. The van der Waals surface area contributed by atoms with Gasteiger partial charge in [-0.25, -0.2) is 4.98 Å². The first-order chi connectivity index (χ1) is 8.68. The summed E-state index contributed by atoms with van der Waals surface area (Å²) in [7, 11) is 0. The van der Waals surface area contributed by atoms with Crippen molar-refractivity contribution in [2.24, 2.45) is 0 Å². The fraction of sp³-hybridized carbons (Fsp3) is 0.583. The smallest absolute Gasteiger partial charge is 0.317 e. The highest BCUT2D eigenvalue weighted by Crippen LogP contribution is 2.20. The Bertz CT molecular complexity index is 465. The van der Waals surface area contributed by atoms with Crippen molar-refractivity contribution in [1.82, 2.24) is 9.88 Å². The number of carboxylic acid groups (broad SMARTS) is 1. The van der Waals surface area contributed by atoms with Crippen molar-refractivity contribution < 1.29 is 14.7 Å². The highest BCUT2D eigenvalue weighted by Gasteiger charge is 2.24. The summed E-state index contributed by atoms with van der Waals surface area (Å²) < 4.78 is 0.